The van der Waals surface area contributed by atoms with Gasteiger partial charge in [-0.2, -0.15) is 5.10 Å². The van der Waals surface area contributed by atoms with E-state index >= 15 is 0 Å². The maximum absolute atomic E-state index is 4.37. The van der Waals surface area contributed by atoms with Gasteiger partial charge in [0.1, 0.15) is 0 Å². The Labute approximate surface area is 118 Å². The summed E-state index contributed by atoms with van der Waals surface area (Å²) in [6.07, 6.45) is 7.15. The number of hydrogen-bond acceptors (Lipinski definition) is 4. The fourth-order valence-corrected chi connectivity index (χ4v) is 3.04. The quantitative estimate of drug-likeness (QED) is 0.847. The lowest BCUT2D eigenvalue weighted by Gasteiger charge is -2.16. The Kier molecular flexibility index (Phi) is 5.10. The van der Waals surface area contributed by atoms with Gasteiger partial charge in [-0.1, -0.05) is 6.92 Å². The number of nitrogens with one attached hydrogen (secondary N) is 1. The Morgan fingerprint density at radius 3 is 2.89 bits per heavy atom. The van der Waals surface area contributed by atoms with Crippen molar-refractivity contribution in [2.24, 2.45) is 7.05 Å². The minimum absolute atomic E-state index is 0.404. The molecule has 104 valence electrons. The average Bonchev–Trinajstić information content (AvgIpc) is 2.99. The van der Waals surface area contributed by atoms with E-state index in [9.17, 15) is 0 Å². The zero-order valence-corrected chi connectivity index (χ0v) is 12.7. The van der Waals surface area contributed by atoms with Crippen LogP contribution in [0.3, 0.4) is 0 Å². The van der Waals surface area contributed by atoms with Crippen molar-refractivity contribution in [2.45, 2.75) is 39.2 Å². The maximum Gasteiger partial charge on any atom is 0.0897 e. The third-order valence-corrected chi connectivity index (χ3v) is 4.26. The number of rotatable bonds is 7. The van der Waals surface area contributed by atoms with Crippen molar-refractivity contribution >= 4 is 11.3 Å². The summed E-state index contributed by atoms with van der Waals surface area (Å²) in [5.74, 6) is 0. The maximum atomic E-state index is 4.37. The van der Waals surface area contributed by atoms with Gasteiger partial charge in [-0.25, -0.2) is 4.98 Å². The average molecular weight is 278 g/mol. The van der Waals surface area contributed by atoms with Gasteiger partial charge in [-0.3, -0.25) is 4.68 Å². The molecule has 0 aliphatic carbocycles. The van der Waals surface area contributed by atoms with Crippen molar-refractivity contribution in [3.63, 3.8) is 0 Å². The second kappa shape index (κ2) is 6.82. The predicted octanol–water partition coefficient (Wildman–Crippen LogP) is 2.86. The fourth-order valence-electron chi connectivity index (χ4n) is 2.14. The molecule has 0 bridgehead atoms. The number of nitrogens with zero attached hydrogens (tertiary/aromatic N) is 3. The van der Waals surface area contributed by atoms with Crippen LogP contribution >= 0.6 is 11.3 Å². The highest BCUT2D eigenvalue weighted by Gasteiger charge is 2.14. The second-order valence-corrected chi connectivity index (χ2v) is 6.04. The second-order valence-electron chi connectivity index (χ2n) is 4.77. The Balaban J connectivity index is 1.99. The number of aryl methyl sites for hydroxylation is 3. The van der Waals surface area contributed by atoms with Gasteiger partial charge >= 0.3 is 0 Å². The Morgan fingerprint density at radius 1 is 1.47 bits per heavy atom. The summed E-state index contributed by atoms with van der Waals surface area (Å²) in [5.41, 5.74) is 1.28. The van der Waals surface area contributed by atoms with Crippen molar-refractivity contribution in [1.29, 1.82) is 0 Å². The normalized spacial score (nSPS) is 12.8. The molecule has 0 saturated heterocycles. The third kappa shape index (κ3) is 3.88. The van der Waals surface area contributed by atoms with E-state index in [-0.39, 0.29) is 0 Å². The molecule has 1 atom stereocenters. The molecule has 1 N–H and O–H groups in total. The van der Waals surface area contributed by atoms with Crippen molar-refractivity contribution in [3.8, 4) is 0 Å². The van der Waals surface area contributed by atoms with Gasteiger partial charge in [0.15, 0.2) is 0 Å². The van der Waals surface area contributed by atoms with Crippen molar-refractivity contribution < 1.29 is 0 Å². The van der Waals surface area contributed by atoms with E-state index in [1.54, 1.807) is 11.3 Å². The molecular weight excluding hydrogens is 256 g/mol. The van der Waals surface area contributed by atoms with E-state index in [4.69, 9.17) is 0 Å². The van der Waals surface area contributed by atoms with Crippen LogP contribution in [-0.4, -0.2) is 21.3 Å². The highest BCUT2D eigenvalue weighted by molar-refractivity contribution is 7.11. The first-order valence-electron chi connectivity index (χ1n) is 6.83. The van der Waals surface area contributed by atoms with Gasteiger partial charge in [0.05, 0.1) is 5.01 Å². The SMILES string of the molecule is CCCNC(CCc1ccnn1C)c1cnc(C)s1. The van der Waals surface area contributed by atoms with Gasteiger partial charge < -0.3 is 5.32 Å². The molecule has 0 spiro atoms. The minimum atomic E-state index is 0.404. The molecule has 0 amide bonds. The predicted molar refractivity (Wildman–Crippen MR) is 79.4 cm³/mol. The Hall–Kier alpha value is -1.20. The smallest absolute Gasteiger partial charge is 0.0897 e. The van der Waals surface area contributed by atoms with E-state index in [2.05, 4.69) is 35.3 Å². The molecule has 2 aromatic heterocycles. The summed E-state index contributed by atoms with van der Waals surface area (Å²) in [4.78, 5) is 5.71. The molecule has 19 heavy (non-hydrogen) atoms. The first-order valence-corrected chi connectivity index (χ1v) is 7.65. The Bertz CT molecular complexity index is 503. The molecule has 0 radical (unpaired) electrons. The zero-order chi connectivity index (χ0) is 13.7. The molecule has 1 unspecified atom stereocenters. The Morgan fingerprint density at radius 2 is 2.32 bits per heavy atom. The molecule has 4 nitrogen and oxygen atoms in total. The van der Waals surface area contributed by atoms with E-state index in [1.165, 1.54) is 10.6 Å². The van der Waals surface area contributed by atoms with Crippen LogP contribution in [0.1, 0.15) is 41.4 Å². The van der Waals surface area contributed by atoms with Gasteiger partial charge in [0.2, 0.25) is 0 Å². The van der Waals surface area contributed by atoms with Gasteiger partial charge in [-0.15, -0.1) is 11.3 Å². The van der Waals surface area contributed by atoms with Crippen LogP contribution in [0.4, 0.5) is 0 Å². The number of hydrogen-bond donors (Lipinski definition) is 1. The largest absolute Gasteiger partial charge is 0.309 e. The third-order valence-electron chi connectivity index (χ3n) is 3.23. The van der Waals surface area contributed by atoms with Crippen LogP contribution in [0.15, 0.2) is 18.5 Å². The van der Waals surface area contributed by atoms with Crippen LogP contribution in [-0.2, 0) is 13.5 Å². The molecule has 0 saturated carbocycles. The summed E-state index contributed by atoms with van der Waals surface area (Å²) in [6, 6.07) is 2.50. The van der Waals surface area contributed by atoms with Gasteiger partial charge in [0.25, 0.3) is 0 Å². The fraction of sp³-hybridized carbons (Fsp3) is 0.571. The highest BCUT2D eigenvalue weighted by atomic mass is 32.1. The summed E-state index contributed by atoms with van der Waals surface area (Å²) in [5, 5.41) is 8.98. The lowest BCUT2D eigenvalue weighted by Crippen LogP contribution is -2.22. The molecule has 0 fully saturated rings. The van der Waals surface area contributed by atoms with E-state index in [0.717, 1.165) is 30.8 Å². The van der Waals surface area contributed by atoms with Crippen LogP contribution in [0.25, 0.3) is 0 Å². The summed E-state index contributed by atoms with van der Waals surface area (Å²) >= 11 is 1.79. The zero-order valence-electron chi connectivity index (χ0n) is 11.9. The van der Waals surface area contributed by atoms with Gasteiger partial charge in [-0.05, 0) is 38.8 Å². The highest BCUT2D eigenvalue weighted by Crippen LogP contribution is 2.24. The summed E-state index contributed by atoms with van der Waals surface area (Å²) in [7, 11) is 2.00. The number of thiazole rings is 1. The molecule has 2 aromatic rings. The standard InChI is InChI=1S/C14H22N4S/c1-4-8-15-13(14-10-16-11(2)19-14)6-5-12-7-9-17-18(12)3/h7,9-10,13,15H,4-6,8H2,1-3H3. The lowest BCUT2D eigenvalue weighted by molar-refractivity contribution is 0.497. The van der Waals surface area contributed by atoms with E-state index in [0.29, 0.717) is 6.04 Å². The monoisotopic (exact) mass is 278 g/mol. The van der Waals surface area contributed by atoms with Crippen LogP contribution < -0.4 is 5.32 Å². The molecular formula is C14H22N4S. The van der Waals surface area contributed by atoms with Crippen LogP contribution in [0.5, 0.6) is 0 Å². The summed E-state index contributed by atoms with van der Waals surface area (Å²) in [6.45, 7) is 5.31. The molecule has 0 aliphatic rings. The van der Waals surface area contributed by atoms with Gasteiger partial charge in [0, 0.05) is 36.1 Å². The van der Waals surface area contributed by atoms with Crippen molar-refractivity contribution in [1.82, 2.24) is 20.1 Å². The molecule has 2 rings (SSSR count). The van der Waals surface area contributed by atoms with E-state index in [1.807, 2.05) is 24.1 Å². The van der Waals surface area contributed by atoms with Crippen LogP contribution in [0, 0.1) is 6.92 Å². The minimum Gasteiger partial charge on any atom is -0.309 e. The molecule has 0 aliphatic heterocycles. The van der Waals surface area contributed by atoms with Crippen LogP contribution in [0.2, 0.25) is 0 Å². The molecule has 2 heterocycles. The summed E-state index contributed by atoms with van der Waals surface area (Å²) < 4.78 is 1.95. The van der Waals surface area contributed by atoms with Crippen molar-refractivity contribution in [2.75, 3.05) is 6.54 Å². The van der Waals surface area contributed by atoms with Crippen molar-refractivity contribution in [3.05, 3.63) is 34.0 Å². The first kappa shape index (κ1) is 14.2. The lowest BCUT2D eigenvalue weighted by atomic mass is 10.1. The number of aromatic nitrogens is 3. The first-order chi connectivity index (χ1) is 9.20. The topological polar surface area (TPSA) is 42.7 Å². The molecule has 5 heteroatoms. The molecule has 0 aromatic carbocycles. The van der Waals surface area contributed by atoms with E-state index < -0.39 is 0 Å².